The number of benzene rings is 2. The van der Waals surface area contributed by atoms with Crippen molar-refractivity contribution in [2.45, 2.75) is 26.4 Å². The maximum absolute atomic E-state index is 12.6. The number of hydrogen-bond acceptors (Lipinski definition) is 3. The largest absolute Gasteiger partial charge is 0.489 e. The zero-order chi connectivity index (χ0) is 17.9. The van der Waals surface area contributed by atoms with Crippen LogP contribution in [0.3, 0.4) is 0 Å². The molecule has 0 aliphatic carbocycles. The first-order valence-corrected chi connectivity index (χ1v) is 10.1. The first kappa shape index (κ1) is 17.1. The van der Waals surface area contributed by atoms with E-state index in [2.05, 4.69) is 31.2 Å². The van der Waals surface area contributed by atoms with Crippen LogP contribution >= 0.6 is 11.3 Å². The summed E-state index contributed by atoms with van der Waals surface area (Å²) in [5, 5.41) is 4.41. The number of fused-ring (bicyclic) bond motifs is 1. The zero-order valence-corrected chi connectivity index (χ0v) is 15.8. The second kappa shape index (κ2) is 7.50. The molecule has 2 heterocycles. The van der Waals surface area contributed by atoms with Gasteiger partial charge >= 0.3 is 0 Å². The average molecular weight is 365 g/mol. The van der Waals surface area contributed by atoms with Crippen molar-refractivity contribution in [2.75, 3.05) is 13.1 Å². The minimum Gasteiger partial charge on any atom is -0.489 e. The molecule has 0 bridgehead atoms. The van der Waals surface area contributed by atoms with E-state index in [0.717, 1.165) is 48.0 Å². The van der Waals surface area contributed by atoms with Crippen molar-refractivity contribution in [2.24, 2.45) is 5.92 Å². The fourth-order valence-corrected chi connectivity index (χ4v) is 4.22. The molecule has 134 valence electrons. The smallest absolute Gasteiger partial charge is 0.263 e. The highest BCUT2D eigenvalue weighted by atomic mass is 32.1. The standard InChI is InChI=1S/C22H23NO2S/c1-16-8-10-23(11-9-16)22(24)21-12-17(15-26-21)14-25-20-7-6-18-4-2-3-5-19(18)13-20/h2-7,12-13,15-16H,8-11,14H2,1H3. The van der Waals surface area contributed by atoms with Crippen LogP contribution in [-0.4, -0.2) is 23.9 Å². The van der Waals surface area contributed by atoms with Crippen LogP contribution in [0.5, 0.6) is 5.75 Å². The number of thiophene rings is 1. The van der Waals surface area contributed by atoms with Crippen molar-refractivity contribution in [3.8, 4) is 5.75 Å². The lowest BCUT2D eigenvalue weighted by Gasteiger charge is -2.29. The van der Waals surface area contributed by atoms with E-state index >= 15 is 0 Å². The Balaban J connectivity index is 1.39. The molecule has 4 heteroatoms. The van der Waals surface area contributed by atoms with Crippen LogP contribution in [0.2, 0.25) is 0 Å². The Hall–Kier alpha value is -2.33. The van der Waals surface area contributed by atoms with Crippen molar-refractivity contribution < 1.29 is 9.53 Å². The summed E-state index contributed by atoms with van der Waals surface area (Å²) in [7, 11) is 0. The Morgan fingerprint density at radius 1 is 1.12 bits per heavy atom. The summed E-state index contributed by atoms with van der Waals surface area (Å²) in [6, 6.07) is 16.4. The number of hydrogen-bond donors (Lipinski definition) is 0. The minimum absolute atomic E-state index is 0.166. The van der Waals surface area contributed by atoms with Crippen LogP contribution in [0, 0.1) is 5.92 Å². The first-order chi connectivity index (χ1) is 12.7. The monoisotopic (exact) mass is 365 g/mol. The number of amides is 1. The van der Waals surface area contributed by atoms with Crippen LogP contribution < -0.4 is 4.74 Å². The molecule has 4 rings (SSSR count). The molecule has 3 nitrogen and oxygen atoms in total. The molecule has 0 atom stereocenters. The molecule has 1 aliphatic rings. The van der Waals surface area contributed by atoms with Gasteiger partial charge in [0.1, 0.15) is 12.4 Å². The number of likely N-dealkylation sites (tertiary alicyclic amines) is 1. The van der Waals surface area contributed by atoms with Crippen molar-refractivity contribution in [3.63, 3.8) is 0 Å². The summed E-state index contributed by atoms with van der Waals surface area (Å²) in [4.78, 5) is 15.4. The van der Waals surface area contributed by atoms with Gasteiger partial charge in [-0.05, 0) is 53.1 Å². The third-order valence-electron chi connectivity index (χ3n) is 5.06. The second-order valence-electron chi connectivity index (χ2n) is 7.09. The van der Waals surface area contributed by atoms with Gasteiger partial charge in [0.2, 0.25) is 0 Å². The summed E-state index contributed by atoms with van der Waals surface area (Å²) in [6.45, 7) is 4.50. The molecule has 3 aromatic rings. The topological polar surface area (TPSA) is 29.5 Å². The van der Waals surface area contributed by atoms with Crippen LogP contribution in [0.4, 0.5) is 0 Å². The van der Waals surface area contributed by atoms with Crippen molar-refractivity contribution in [1.29, 1.82) is 0 Å². The lowest BCUT2D eigenvalue weighted by Crippen LogP contribution is -2.37. The lowest BCUT2D eigenvalue weighted by atomic mass is 9.99. The van der Waals surface area contributed by atoms with E-state index in [-0.39, 0.29) is 5.91 Å². The Labute approximate surface area is 158 Å². The van der Waals surface area contributed by atoms with Crippen molar-refractivity contribution in [3.05, 3.63) is 64.4 Å². The molecule has 1 fully saturated rings. The molecule has 2 aromatic carbocycles. The van der Waals surface area contributed by atoms with Crippen LogP contribution in [0.1, 0.15) is 35.0 Å². The quantitative estimate of drug-likeness (QED) is 0.623. The molecule has 1 amide bonds. The average Bonchev–Trinajstić information content (AvgIpc) is 3.15. The van der Waals surface area contributed by atoms with E-state index in [0.29, 0.717) is 6.61 Å². The molecule has 0 unspecified atom stereocenters. The summed E-state index contributed by atoms with van der Waals surface area (Å²) < 4.78 is 5.93. The number of piperidine rings is 1. The molecule has 1 aliphatic heterocycles. The second-order valence-corrected chi connectivity index (χ2v) is 8.00. The molecule has 0 N–H and O–H groups in total. The van der Waals surface area contributed by atoms with Gasteiger partial charge in [-0.15, -0.1) is 11.3 Å². The number of carbonyl (C=O) groups is 1. The molecule has 26 heavy (non-hydrogen) atoms. The summed E-state index contributed by atoms with van der Waals surface area (Å²) in [5.41, 5.74) is 1.05. The van der Waals surface area contributed by atoms with E-state index in [1.807, 2.05) is 34.5 Å². The maximum atomic E-state index is 12.6. The third-order valence-corrected chi connectivity index (χ3v) is 6.03. The predicted molar refractivity (Wildman–Crippen MR) is 107 cm³/mol. The van der Waals surface area contributed by atoms with E-state index in [9.17, 15) is 4.79 Å². The summed E-state index contributed by atoms with van der Waals surface area (Å²) in [5.74, 6) is 1.75. The lowest BCUT2D eigenvalue weighted by molar-refractivity contribution is 0.0702. The Kier molecular flexibility index (Phi) is 4.93. The molecule has 1 aromatic heterocycles. The van der Waals surface area contributed by atoms with Gasteiger partial charge in [-0.3, -0.25) is 4.79 Å². The molecule has 0 spiro atoms. The fraction of sp³-hybridized carbons (Fsp3) is 0.318. The highest BCUT2D eigenvalue weighted by molar-refractivity contribution is 7.12. The van der Waals surface area contributed by atoms with Gasteiger partial charge in [-0.1, -0.05) is 37.3 Å². The molecule has 1 saturated heterocycles. The predicted octanol–water partition coefficient (Wildman–Crippen LogP) is 5.35. The maximum Gasteiger partial charge on any atom is 0.263 e. The number of nitrogens with zero attached hydrogens (tertiary/aromatic N) is 1. The molecule has 0 radical (unpaired) electrons. The van der Waals surface area contributed by atoms with E-state index in [4.69, 9.17) is 4.74 Å². The van der Waals surface area contributed by atoms with Gasteiger partial charge in [0, 0.05) is 18.7 Å². The normalized spacial score (nSPS) is 15.3. The number of carbonyl (C=O) groups excluding carboxylic acids is 1. The third kappa shape index (κ3) is 3.75. The SMILES string of the molecule is CC1CCN(C(=O)c2cc(COc3ccc4ccccc4c3)cs2)CC1. The first-order valence-electron chi connectivity index (χ1n) is 9.17. The molecular formula is C22H23NO2S. The Morgan fingerprint density at radius 2 is 1.88 bits per heavy atom. The van der Waals surface area contributed by atoms with Gasteiger partial charge in [-0.25, -0.2) is 0 Å². The van der Waals surface area contributed by atoms with Crippen LogP contribution in [0.15, 0.2) is 53.9 Å². The minimum atomic E-state index is 0.166. The van der Waals surface area contributed by atoms with Crippen molar-refractivity contribution in [1.82, 2.24) is 4.90 Å². The summed E-state index contributed by atoms with van der Waals surface area (Å²) >= 11 is 1.52. The molecular weight excluding hydrogens is 342 g/mol. The highest BCUT2D eigenvalue weighted by Gasteiger charge is 2.22. The van der Waals surface area contributed by atoms with Gasteiger partial charge in [0.25, 0.3) is 5.91 Å². The highest BCUT2D eigenvalue weighted by Crippen LogP contribution is 2.24. The van der Waals surface area contributed by atoms with Crippen LogP contribution in [-0.2, 0) is 6.61 Å². The zero-order valence-electron chi connectivity index (χ0n) is 15.0. The van der Waals surface area contributed by atoms with Crippen molar-refractivity contribution >= 4 is 28.0 Å². The number of rotatable bonds is 4. The summed E-state index contributed by atoms with van der Waals surface area (Å²) in [6.07, 6.45) is 2.21. The van der Waals surface area contributed by atoms with E-state index < -0.39 is 0 Å². The van der Waals surface area contributed by atoms with Gasteiger partial charge in [-0.2, -0.15) is 0 Å². The van der Waals surface area contributed by atoms with Gasteiger partial charge in [0.05, 0.1) is 4.88 Å². The van der Waals surface area contributed by atoms with Crippen LogP contribution in [0.25, 0.3) is 10.8 Å². The Bertz CT molecular complexity index is 909. The van der Waals surface area contributed by atoms with E-state index in [1.54, 1.807) is 0 Å². The Morgan fingerprint density at radius 3 is 2.69 bits per heavy atom. The van der Waals surface area contributed by atoms with Gasteiger partial charge in [0.15, 0.2) is 0 Å². The fourth-order valence-electron chi connectivity index (χ4n) is 3.35. The van der Waals surface area contributed by atoms with E-state index in [1.165, 1.54) is 22.1 Å². The molecule has 0 saturated carbocycles. The van der Waals surface area contributed by atoms with Gasteiger partial charge < -0.3 is 9.64 Å². The number of ether oxygens (including phenoxy) is 1.